The first-order valence-electron chi connectivity index (χ1n) is 10.9. The molecule has 0 unspecified atom stereocenters. The molecule has 2 saturated heterocycles. The number of nitrogen functional groups attached to an aromatic ring is 1. The van der Waals surface area contributed by atoms with Crippen LogP contribution < -0.4 is 5.73 Å². The summed E-state index contributed by atoms with van der Waals surface area (Å²) in [4.78, 5) is 16.9. The van der Waals surface area contributed by atoms with Crippen LogP contribution in [0.2, 0.25) is 0 Å². The third-order valence-electron chi connectivity index (χ3n) is 6.50. The zero-order chi connectivity index (χ0) is 19.3. The Balaban J connectivity index is 1.35. The SMILES string of the molecule is Nc1ccc(C2CCN(C(=O)CN3CCOCC3)CC2)cc1C1=CCCCC1. The monoisotopic (exact) mass is 383 g/mol. The summed E-state index contributed by atoms with van der Waals surface area (Å²) in [7, 11) is 0. The highest BCUT2D eigenvalue weighted by atomic mass is 16.5. The zero-order valence-electron chi connectivity index (χ0n) is 16.9. The molecule has 2 heterocycles. The Morgan fingerprint density at radius 3 is 2.61 bits per heavy atom. The van der Waals surface area contributed by atoms with Crippen molar-refractivity contribution in [2.75, 3.05) is 51.7 Å². The molecule has 0 atom stereocenters. The first-order valence-corrected chi connectivity index (χ1v) is 10.9. The number of anilines is 1. The van der Waals surface area contributed by atoms with Crippen LogP contribution in [0.5, 0.6) is 0 Å². The molecule has 0 spiro atoms. The van der Waals surface area contributed by atoms with E-state index >= 15 is 0 Å². The lowest BCUT2D eigenvalue weighted by atomic mass is 9.85. The molecule has 152 valence electrons. The summed E-state index contributed by atoms with van der Waals surface area (Å²) in [6.07, 6.45) is 9.31. The maximum atomic E-state index is 12.6. The molecule has 1 aliphatic carbocycles. The highest BCUT2D eigenvalue weighted by molar-refractivity contribution is 5.78. The molecule has 2 N–H and O–H groups in total. The lowest BCUT2D eigenvalue weighted by Gasteiger charge is -2.34. The first kappa shape index (κ1) is 19.5. The number of amides is 1. The summed E-state index contributed by atoms with van der Waals surface area (Å²) >= 11 is 0. The van der Waals surface area contributed by atoms with E-state index in [1.54, 1.807) is 0 Å². The fraction of sp³-hybridized carbons (Fsp3) is 0.609. The number of likely N-dealkylation sites (tertiary alicyclic amines) is 1. The largest absolute Gasteiger partial charge is 0.398 e. The van der Waals surface area contributed by atoms with Gasteiger partial charge < -0.3 is 15.4 Å². The molecular formula is C23H33N3O2. The van der Waals surface area contributed by atoms with Crippen molar-refractivity contribution < 1.29 is 9.53 Å². The molecular weight excluding hydrogens is 350 g/mol. The predicted molar refractivity (Wildman–Crippen MR) is 113 cm³/mol. The van der Waals surface area contributed by atoms with Gasteiger partial charge >= 0.3 is 0 Å². The van der Waals surface area contributed by atoms with Crippen molar-refractivity contribution in [3.8, 4) is 0 Å². The Labute approximate surface area is 168 Å². The summed E-state index contributed by atoms with van der Waals surface area (Å²) in [6, 6.07) is 6.59. The minimum Gasteiger partial charge on any atom is -0.398 e. The molecule has 1 amide bonds. The number of morpholine rings is 1. The van der Waals surface area contributed by atoms with E-state index in [0.29, 0.717) is 12.5 Å². The van der Waals surface area contributed by atoms with Gasteiger partial charge in [0.25, 0.3) is 0 Å². The number of ether oxygens (including phenoxy) is 1. The third-order valence-corrected chi connectivity index (χ3v) is 6.50. The van der Waals surface area contributed by atoms with Crippen molar-refractivity contribution in [2.24, 2.45) is 0 Å². The second kappa shape index (κ2) is 9.10. The number of rotatable bonds is 4. The lowest BCUT2D eigenvalue weighted by molar-refractivity contribution is -0.134. The van der Waals surface area contributed by atoms with Gasteiger partial charge in [-0.15, -0.1) is 0 Å². The van der Waals surface area contributed by atoms with Crippen molar-refractivity contribution in [1.82, 2.24) is 9.80 Å². The van der Waals surface area contributed by atoms with E-state index in [1.165, 1.54) is 36.0 Å². The van der Waals surface area contributed by atoms with Crippen LogP contribution in [0.15, 0.2) is 24.3 Å². The molecule has 1 aromatic carbocycles. The Bertz CT molecular complexity index is 717. The van der Waals surface area contributed by atoms with E-state index in [2.05, 4.69) is 29.2 Å². The molecule has 5 heteroatoms. The first-order chi connectivity index (χ1) is 13.7. The molecule has 0 radical (unpaired) electrons. The van der Waals surface area contributed by atoms with E-state index in [-0.39, 0.29) is 5.91 Å². The molecule has 0 saturated carbocycles. The summed E-state index contributed by atoms with van der Waals surface area (Å²) < 4.78 is 5.37. The van der Waals surface area contributed by atoms with Crippen molar-refractivity contribution in [3.63, 3.8) is 0 Å². The number of allylic oxidation sites excluding steroid dienone is 2. The van der Waals surface area contributed by atoms with Gasteiger partial charge in [0.1, 0.15) is 0 Å². The fourth-order valence-corrected chi connectivity index (χ4v) is 4.70. The molecule has 5 nitrogen and oxygen atoms in total. The molecule has 1 aromatic rings. The average Bonchev–Trinajstić information content (AvgIpc) is 2.75. The summed E-state index contributed by atoms with van der Waals surface area (Å²) in [5.74, 6) is 0.793. The second-order valence-corrected chi connectivity index (χ2v) is 8.37. The second-order valence-electron chi connectivity index (χ2n) is 8.37. The van der Waals surface area contributed by atoms with E-state index in [1.807, 2.05) is 4.90 Å². The summed E-state index contributed by atoms with van der Waals surface area (Å²) in [6.45, 7) is 5.47. The zero-order valence-corrected chi connectivity index (χ0v) is 16.9. The number of hydrogen-bond donors (Lipinski definition) is 1. The third kappa shape index (κ3) is 4.58. The Kier molecular flexibility index (Phi) is 6.33. The van der Waals surface area contributed by atoms with Gasteiger partial charge in [0.2, 0.25) is 5.91 Å². The van der Waals surface area contributed by atoms with E-state index in [9.17, 15) is 4.79 Å². The van der Waals surface area contributed by atoms with Gasteiger partial charge in [-0.25, -0.2) is 0 Å². The molecule has 2 fully saturated rings. The van der Waals surface area contributed by atoms with Crippen molar-refractivity contribution >= 4 is 17.2 Å². The van der Waals surface area contributed by atoms with Gasteiger partial charge in [-0.05, 0) is 67.7 Å². The van der Waals surface area contributed by atoms with Crippen LogP contribution in [0.4, 0.5) is 5.69 Å². The van der Waals surface area contributed by atoms with Gasteiger partial charge in [-0.3, -0.25) is 9.69 Å². The number of benzene rings is 1. The average molecular weight is 384 g/mol. The summed E-state index contributed by atoms with van der Waals surface area (Å²) in [5, 5.41) is 0. The normalized spacial score (nSPS) is 22.1. The van der Waals surface area contributed by atoms with E-state index < -0.39 is 0 Å². The predicted octanol–water partition coefficient (Wildman–Crippen LogP) is 3.26. The Morgan fingerprint density at radius 1 is 1.11 bits per heavy atom. The van der Waals surface area contributed by atoms with Crippen molar-refractivity contribution in [2.45, 2.75) is 44.4 Å². The van der Waals surface area contributed by atoms with Crippen LogP contribution >= 0.6 is 0 Å². The van der Waals surface area contributed by atoms with Crippen LogP contribution in [0.3, 0.4) is 0 Å². The molecule has 2 aliphatic heterocycles. The number of piperidine rings is 1. The molecule has 0 bridgehead atoms. The Morgan fingerprint density at radius 2 is 1.89 bits per heavy atom. The highest BCUT2D eigenvalue weighted by Crippen LogP contribution is 2.35. The number of carbonyl (C=O) groups excluding carboxylic acids is 1. The fourth-order valence-electron chi connectivity index (χ4n) is 4.70. The number of nitrogens with zero attached hydrogens (tertiary/aromatic N) is 2. The quantitative estimate of drug-likeness (QED) is 0.811. The van der Waals surface area contributed by atoms with Crippen LogP contribution in [0, 0.1) is 0 Å². The minimum atomic E-state index is 0.269. The lowest BCUT2D eigenvalue weighted by Crippen LogP contribution is -2.46. The number of hydrogen-bond acceptors (Lipinski definition) is 4. The maximum absolute atomic E-state index is 12.6. The molecule has 3 aliphatic rings. The van der Waals surface area contributed by atoms with E-state index in [0.717, 1.165) is 64.3 Å². The molecule has 28 heavy (non-hydrogen) atoms. The summed E-state index contributed by atoms with van der Waals surface area (Å²) in [5.41, 5.74) is 11.2. The standard InChI is InChI=1S/C23H33N3O2/c24-22-7-6-20(16-21(22)19-4-2-1-3-5-19)18-8-10-26(11-9-18)23(27)17-25-12-14-28-15-13-25/h4,6-7,16,18H,1-3,5,8-15,17,24H2. The van der Waals surface area contributed by atoms with Crippen molar-refractivity contribution in [3.05, 3.63) is 35.4 Å². The molecule has 0 aromatic heterocycles. The van der Waals surface area contributed by atoms with E-state index in [4.69, 9.17) is 10.5 Å². The number of nitrogens with two attached hydrogens (primary N) is 1. The van der Waals surface area contributed by atoms with Crippen LogP contribution in [-0.4, -0.2) is 61.6 Å². The van der Waals surface area contributed by atoms with Gasteiger partial charge in [0, 0.05) is 37.4 Å². The van der Waals surface area contributed by atoms with Gasteiger partial charge in [0.05, 0.1) is 19.8 Å². The van der Waals surface area contributed by atoms with Crippen molar-refractivity contribution in [1.29, 1.82) is 0 Å². The Hall–Kier alpha value is -1.85. The van der Waals surface area contributed by atoms with Crippen LogP contribution in [-0.2, 0) is 9.53 Å². The van der Waals surface area contributed by atoms with Crippen LogP contribution in [0.25, 0.3) is 5.57 Å². The highest BCUT2D eigenvalue weighted by Gasteiger charge is 2.26. The van der Waals surface area contributed by atoms with Gasteiger partial charge in [-0.2, -0.15) is 0 Å². The van der Waals surface area contributed by atoms with Gasteiger partial charge in [-0.1, -0.05) is 12.1 Å². The minimum absolute atomic E-state index is 0.269. The topological polar surface area (TPSA) is 58.8 Å². The smallest absolute Gasteiger partial charge is 0.236 e. The number of carbonyl (C=O) groups is 1. The van der Waals surface area contributed by atoms with Gasteiger partial charge in [0.15, 0.2) is 0 Å². The van der Waals surface area contributed by atoms with Crippen LogP contribution in [0.1, 0.15) is 55.6 Å². The maximum Gasteiger partial charge on any atom is 0.236 e. The molecule has 4 rings (SSSR count).